The molecular formula is C13H9F5N2O2S. The molecule has 0 aliphatic heterocycles. The number of alkyl halides is 3. The number of halogens is 5. The first-order chi connectivity index (χ1) is 10.5. The van der Waals surface area contributed by atoms with Gasteiger partial charge >= 0.3 is 6.18 Å². The molecule has 0 amide bonds. The summed E-state index contributed by atoms with van der Waals surface area (Å²) in [5.41, 5.74) is 2.57. The Bertz CT molecular complexity index is 833. The van der Waals surface area contributed by atoms with Gasteiger partial charge in [0.2, 0.25) is 0 Å². The number of nitrogens with one attached hydrogen (secondary N) is 1. The van der Waals surface area contributed by atoms with Crippen LogP contribution in [0, 0.1) is 11.6 Å². The van der Waals surface area contributed by atoms with Crippen molar-refractivity contribution in [3.63, 3.8) is 0 Å². The molecular weight excluding hydrogens is 343 g/mol. The molecule has 0 saturated heterocycles. The van der Waals surface area contributed by atoms with Crippen LogP contribution in [0.5, 0.6) is 0 Å². The van der Waals surface area contributed by atoms with Crippen molar-refractivity contribution in [1.82, 2.24) is 0 Å². The summed E-state index contributed by atoms with van der Waals surface area (Å²) in [5.74, 6) is -2.39. The topological polar surface area (TPSA) is 72.2 Å². The van der Waals surface area contributed by atoms with Crippen LogP contribution >= 0.6 is 0 Å². The maximum Gasteiger partial charge on any atom is 0.416 e. The van der Waals surface area contributed by atoms with Gasteiger partial charge in [-0.25, -0.2) is 17.2 Å². The summed E-state index contributed by atoms with van der Waals surface area (Å²) in [4.78, 5) is -0.521. The fourth-order valence-electron chi connectivity index (χ4n) is 1.67. The molecule has 124 valence electrons. The van der Waals surface area contributed by atoms with Crippen LogP contribution in [0.15, 0.2) is 41.3 Å². The predicted octanol–water partition coefficient (Wildman–Crippen LogP) is 3.37. The van der Waals surface area contributed by atoms with E-state index < -0.39 is 49.7 Å². The lowest BCUT2D eigenvalue weighted by atomic mass is 10.2. The first kappa shape index (κ1) is 17.0. The number of nitrogen functional groups attached to an aromatic ring is 1. The third-order valence-electron chi connectivity index (χ3n) is 2.86. The Balaban J connectivity index is 2.35. The summed E-state index contributed by atoms with van der Waals surface area (Å²) in [6.45, 7) is 0. The SMILES string of the molecule is Nc1c(F)ccc(NS(=O)(=O)c2ccc(C(F)(F)F)cc2)c1F. The lowest BCUT2D eigenvalue weighted by Gasteiger charge is -2.11. The van der Waals surface area contributed by atoms with Crippen LogP contribution in [-0.2, 0) is 16.2 Å². The molecule has 23 heavy (non-hydrogen) atoms. The molecule has 0 unspecified atom stereocenters. The van der Waals surface area contributed by atoms with Crippen molar-refractivity contribution in [2.75, 3.05) is 10.5 Å². The lowest BCUT2D eigenvalue weighted by molar-refractivity contribution is -0.137. The van der Waals surface area contributed by atoms with E-state index in [1.54, 1.807) is 4.72 Å². The van der Waals surface area contributed by atoms with Gasteiger partial charge in [0.05, 0.1) is 16.1 Å². The second-order valence-electron chi connectivity index (χ2n) is 4.45. The van der Waals surface area contributed by atoms with Gasteiger partial charge in [0, 0.05) is 0 Å². The molecule has 0 aliphatic carbocycles. The molecule has 2 rings (SSSR count). The largest absolute Gasteiger partial charge is 0.416 e. The molecule has 0 radical (unpaired) electrons. The summed E-state index contributed by atoms with van der Waals surface area (Å²) >= 11 is 0. The van der Waals surface area contributed by atoms with Crippen molar-refractivity contribution >= 4 is 21.4 Å². The number of sulfonamides is 1. The van der Waals surface area contributed by atoms with Crippen molar-refractivity contribution in [2.24, 2.45) is 0 Å². The third kappa shape index (κ3) is 3.52. The Morgan fingerprint density at radius 1 is 0.957 bits per heavy atom. The van der Waals surface area contributed by atoms with E-state index in [0.29, 0.717) is 12.1 Å². The molecule has 0 fully saturated rings. The summed E-state index contributed by atoms with van der Waals surface area (Å²) in [6, 6.07) is 4.14. The number of anilines is 2. The van der Waals surface area contributed by atoms with E-state index in [1.807, 2.05) is 0 Å². The second kappa shape index (κ2) is 5.69. The molecule has 0 saturated carbocycles. The lowest BCUT2D eigenvalue weighted by Crippen LogP contribution is -2.15. The van der Waals surface area contributed by atoms with E-state index >= 15 is 0 Å². The molecule has 4 nitrogen and oxygen atoms in total. The quantitative estimate of drug-likeness (QED) is 0.657. The number of hydrogen-bond acceptors (Lipinski definition) is 3. The van der Waals surface area contributed by atoms with Crippen LogP contribution in [0.2, 0.25) is 0 Å². The smallest absolute Gasteiger partial charge is 0.394 e. The molecule has 0 aliphatic rings. The predicted molar refractivity (Wildman–Crippen MR) is 73.0 cm³/mol. The molecule has 0 atom stereocenters. The second-order valence-corrected chi connectivity index (χ2v) is 6.13. The van der Waals surface area contributed by atoms with Crippen LogP contribution in [-0.4, -0.2) is 8.42 Å². The van der Waals surface area contributed by atoms with Gasteiger partial charge < -0.3 is 5.73 Å². The average Bonchev–Trinajstić information content (AvgIpc) is 2.47. The molecule has 0 heterocycles. The maximum atomic E-state index is 13.7. The molecule has 2 aromatic rings. The van der Waals surface area contributed by atoms with E-state index in [9.17, 15) is 30.4 Å². The van der Waals surface area contributed by atoms with Crippen molar-refractivity contribution < 1.29 is 30.4 Å². The van der Waals surface area contributed by atoms with Crippen molar-refractivity contribution in [2.45, 2.75) is 11.1 Å². The van der Waals surface area contributed by atoms with Crippen LogP contribution < -0.4 is 10.5 Å². The Hall–Kier alpha value is -2.36. The Kier molecular flexibility index (Phi) is 4.20. The first-order valence-electron chi connectivity index (χ1n) is 5.96. The van der Waals surface area contributed by atoms with Gasteiger partial charge in [-0.15, -0.1) is 0 Å². The fourth-order valence-corrected chi connectivity index (χ4v) is 2.73. The van der Waals surface area contributed by atoms with E-state index in [0.717, 1.165) is 24.3 Å². The third-order valence-corrected chi connectivity index (χ3v) is 4.24. The highest BCUT2D eigenvalue weighted by atomic mass is 32.2. The van der Waals surface area contributed by atoms with E-state index in [2.05, 4.69) is 0 Å². The molecule has 10 heteroatoms. The molecule has 0 spiro atoms. The van der Waals surface area contributed by atoms with Gasteiger partial charge in [0.15, 0.2) is 5.82 Å². The van der Waals surface area contributed by atoms with E-state index in [4.69, 9.17) is 5.73 Å². The van der Waals surface area contributed by atoms with Gasteiger partial charge in [-0.3, -0.25) is 4.72 Å². The minimum absolute atomic E-state index is 0.521. The van der Waals surface area contributed by atoms with Gasteiger partial charge in [-0.1, -0.05) is 0 Å². The Morgan fingerprint density at radius 3 is 2.04 bits per heavy atom. The number of benzene rings is 2. The highest BCUT2D eigenvalue weighted by molar-refractivity contribution is 7.92. The molecule has 2 aromatic carbocycles. The Labute approximate surface area is 127 Å². The summed E-state index contributed by atoms with van der Waals surface area (Å²) < 4.78 is 89.8. The zero-order valence-electron chi connectivity index (χ0n) is 11.2. The first-order valence-corrected chi connectivity index (χ1v) is 7.44. The minimum Gasteiger partial charge on any atom is -0.394 e. The highest BCUT2D eigenvalue weighted by Gasteiger charge is 2.30. The Morgan fingerprint density at radius 2 is 1.52 bits per heavy atom. The van der Waals surface area contributed by atoms with Crippen LogP contribution in [0.25, 0.3) is 0 Å². The number of rotatable bonds is 3. The number of nitrogens with two attached hydrogens (primary N) is 1. The normalized spacial score (nSPS) is 12.2. The van der Waals surface area contributed by atoms with Gasteiger partial charge in [0.1, 0.15) is 11.5 Å². The maximum absolute atomic E-state index is 13.7. The van der Waals surface area contributed by atoms with Crippen molar-refractivity contribution in [3.05, 3.63) is 53.6 Å². The molecule has 0 bridgehead atoms. The summed E-state index contributed by atoms with van der Waals surface area (Å²) in [7, 11) is -4.36. The fraction of sp³-hybridized carbons (Fsp3) is 0.0769. The molecule has 0 aromatic heterocycles. The summed E-state index contributed by atoms with van der Waals surface area (Å²) in [6.07, 6.45) is -4.62. The average molecular weight is 352 g/mol. The standard InChI is InChI=1S/C13H9F5N2O2S/c14-9-5-6-10(11(15)12(9)19)20-23(21,22)8-3-1-7(2-4-8)13(16,17)18/h1-6,20H,19H2. The van der Waals surface area contributed by atoms with Crippen LogP contribution in [0.3, 0.4) is 0 Å². The highest BCUT2D eigenvalue weighted by Crippen LogP contribution is 2.30. The van der Waals surface area contributed by atoms with Gasteiger partial charge in [-0.05, 0) is 36.4 Å². The zero-order chi connectivity index (χ0) is 17.4. The monoisotopic (exact) mass is 352 g/mol. The van der Waals surface area contributed by atoms with Crippen LogP contribution in [0.1, 0.15) is 5.56 Å². The van der Waals surface area contributed by atoms with Crippen LogP contribution in [0.4, 0.5) is 33.3 Å². The number of hydrogen-bond donors (Lipinski definition) is 2. The van der Waals surface area contributed by atoms with Crippen molar-refractivity contribution in [1.29, 1.82) is 0 Å². The van der Waals surface area contributed by atoms with Crippen molar-refractivity contribution in [3.8, 4) is 0 Å². The van der Waals surface area contributed by atoms with E-state index in [-0.39, 0.29) is 0 Å². The van der Waals surface area contributed by atoms with Gasteiger partial charge in [0.25, 0.3) is 10.0 Å². The zero-order valence-corrected chi connectivity index (χ0v) is 12.0. The molecule has 3 N–H and O–H groups in total. The van der Waals surface area contributed by atoms with Gasteiger partial charge in [-0.2, -0.15) is 13.2 Å². The minimum atomic E-state index is -4.62. The summed E-state index contributed by atoms with van der Waals surface area (Å²) in [5, 5.41) is 0. The van der Waals surface area contributed by atoms with E-state index in [1.165, 1.54) is 0 Å².